The Morgan fingerprint density at radius 1 is 0.861 bits per heavy atom. The minimum absolute atomic E-state index is 0.0594. The fourth-order valence-electron chi connectivity index (χ4n) is 4.98. The molecule has 0 spiro atoms. The van der Waals surface area contributed by atoms with E-state index >= 15 is 0 Å². The number of pyridine rings is 1. The maximum absolute atomic E-state index is 13.2. The Balaban J connectivity index is 1.09. The van der Waals surface area contributed by atoms with Gasteiger partial charge in [-0.2, -0.15) is 0 Å². The molecule has 2 saturated heterocycles. The third-order valence-corrected chi connectivity index (χ3v) is 6.91. The van der Waals surface area contributed by atoms with Crippen LogP contribution in [-0.2, 0) is 9.59 Å². The van der Waals surface area contributed by atoms with Crippen molar-refractivity contribution in [2.45, 2.75) is 12.5 Å². The number of amides is 2. The number of benzene rings is 2. The summed E-state index contributed by atoms with van der Waals surface area (Å²) < 4.78 is 10.7. The van der Waals surface area contributed by atoms with Crippen LogP contribution in [0.15, 0.2) is 67.0 Å². The lowest BCUT2D eigenvalue weighted by Gasteiger charge is -2.38. The molecule has 0 aliphatic carbocycles. The first-order valence-electron chi connectivity index (χ1n) is 11.9. The minimum atomic E-state index is -0.468. The van der Waals surface area contributed by atoms with Crippen LogP contribution >= 0.6 is 0 Å². The number of piperazine rings is 1. The van der Waals surface area contributed by atoms with Crippen LogP contribution in [0.3, 0.4) is 0 Å². The van der Waals surface area contributed by atoms with E-state index in [4.69, 9.17) is 9.47 Å². The Morgan fingerprint density at radius 3 is 2.36 bits per heavy atom. The summed E-state index contributed by atoms with van der Waals surface area (Å²) in [4.78, 5) is 48.2. The Labute approximate surface area is 207 Å². The Morgan fingerprint density at radius 2 is 1.61 bits per heavy atom. The van der Waals surface area contributed by atoms with E-state index < -0.39 is 6.04 Å². The summed E-state index contributed by atoms with van der Waals surface area (Å²) in [6, 6.07) is 15.7. The molecule has 6 rings (SSSR count). The van der Waals surface area contributed by atoms with E-state index in [1.54, 1.807) is 42.7 Å². The second-order valence-corrected chi connectivity index (χ2v) is 8.97. The lowest BCUT2D eigenvalue weighted by Crippen LogP contribution is -2.52. The molecule has 2 aromatic carbocycles. The van der Waals surface area contributed by atoms with Crippen molar-refractivity contribution in [3.63, 3.8) is 0 Å². The molecule has 36 heavy (non-hydrogen) atoms. The number of hydrogen-bond donors (Lipinski definition) is 0. The van der Waals surface area contributed by atoms with Crippen molar-refractivity contribution in [2.75, 3.05) is 42.8 Å². The quantitative estimate of drug-likeness (QED) is 0.403. The Bertz CT molecular complexity index is 1320. The van der Waals surface area contributed by atoms with Crippen molar-refractivity contribution in [3.05, 3.63) is 78.1 Å². The van der Waals surface area contributed by atoms with Crippen molar-refractivity contribution >= 4 is 29.0 Å². The number of imide groups is 1. The van der Waals surface area contributed by atoms with Crippen molar-refractivity contribution < 1.29 is 23.9 Å². The highest BCUT2D eigenvalue weighted by Crippen LogP contribution is 2.37. The topological polar surface area (TPSA) is 92.3 Å². The van der Waals surface area contributed by atoms with E-state index in [1.165, 1.54) is 4.90 Å². The van der Waals surface area contributed by atoms with Crippen LogP contribution in [0.2, 0.25) is 0 Å². The average molecular weight is 485 g/mol. The SMILES string of the molecule is O=C(c1ccc(N2CCN([C@H]3CC(=O)N(c4ccc5c(c4)OCO5)C3=O)CC2)cc1)c1cccnc1. The largest absolute Gasteiger partial charge is 0.454 e. The summed E-state index contributed by atoms with van der Waals surface area (Å²) in [5.74, 6) is 0.681. The van der Waals surface area contributed by atoms with E-state index in [2.05, 4.69) is 14.8 Å². The number of carbonyl (C=O) groups is 3. The van der Waals surface area contributed by atoms with Crippen LogP contribution in [0.5, 0.6) is 11.5 Å². The van der Waals surface area contributed by atoms with Crippen LogP contribution in [-0.4, -0.2) is 66.5 Å². The van der Waals surface area contributed by atoms with Crippen molar-refractivity contribution in [2.24, 2.45) is 0 Å². The van der Waals surface area contributed by atoms with E-state index in [-0.39, 0.29) is 30.8 Å². The van der Waals surface area contributed by atoms with Crippen molar-refractivity contribution in [1.29, 1.82) is 0 Å². The zero-order chi connectivity index (χ0) is 24.6. The maximum Gasteiger partial charge on any atom is 0.251 e. The standard InChI is InChI=1S/C27H24N4O5/c32-25-15-22(27(34)31(25)21-7-8-23-24(14-21)36-17-35-23)30-12-10-29(11-13-30)20-5-3-18(4-6-20)26(33)19-2-1-9-28-16-19/h1-9,14,16,22H,10-13,15,17H2/t22-/m0/s1. The van der Waals surface area contributed by atoms with Crippen molar-refractivity contribution in [1.82, 2.24) is 9.88 Å². The number of ether oxygens (including phenoxy) is 2. The lowest BCUT2D eigenvalue weighted by molar-refractivity contribution is -0.123. The van der Waals surface area contributed by atoms with Gasteiger partial charge in [-0.1, -0.05) is 0 Å². The molecular weight excluding hydrogens is 460 g/mol. The maximum atomic E-state index is 13.2. The number of fused-ring (bicyclic) bond motifs is 1. The molecule has 9 heteroatoms. The highest BCUT2D eigenvalue weighted by molar-refractivity contribution is 6.22. The molecule has 0 unspecified atom stereocenters. The van der Waals surface area contributed by atoms with Gasteiger partial charge in [0.05, 0.1) is 18.2 Å². The fraction of sp³-hybridized carbons (Fsp3) is 0.259. The highest BCUT2D eigenvalue weighted by atomic mass is 16.7. The third kappa shape index (κ3) is 3.97. The monoisotopic (exact) mass is 484 g/mol. The summed E-state index contributed by atoms with van der Waals surface area (Å²) in [5.41, 5.74) is 2.71. The highest BCUT2D eigenvalue weighted by Gasteiger charge is 2.43. The first-order valence-corrected chi connectivity index (χ1v) is 11.9. The summed E-state index contributed by atoms with van der Waals surface area (Å²) >= 11 is 0. The zero-order valence-electron chi connectivity index (χ0n) is 19.5. The molecule has 9 nitrogen and oxygen atoms in total. The molecule has 0 N–H and O–H groups in total. The van der Waals surface area contributed by atoms with Crippen LogP contribution in [0.4, 0.5) is 11.4 Å². The van der Waals surface area contributed by atoms with Gasteiger partial charge in [0.25, 0.3) is 5.91 Å². The second-order valence-electron chi connectivity index (χ2n) is 8.97. The van der Waals surface area contributed by atoms with Gasteiger partial charge in [-0.3, -0.25) is 24.3 Å². The minimum Gasteiger partial charge on any atom is -0.454 e. The fourth-order valence-corrected chi connectivity index (χ4v) is 4.98. The van der Waals surface area contributed by atoms with E-state index in [9.17, 15) is 14.4 Å². The van der Waals surface area contributed by atoms with Crippen LogP contribution in [0.1, 0.15) is 22.3 Å². The van der Waals surface area contributed by atoms with Crippen LogP contribution in [0.25, 0.3) is 0 Å². The Hall–Kier alpha value is -4.24. The number of aromatic nitrogens is 1. The zero-order valence-corrected chi connectivity index (χ0v) is 19.5. The van der Waals surface area contributed by atoms with Gasteiger partial charge in [0.15, 0.2) is 17.3 Å². The lowest BCUT2D eigenvalue weighted by atomic mass is 10.0. The molecular formula is C27H24N4O5. The van der Waals surface area contributed by atoms with E-state index in [0.717, 1.165) is 18.8 Å². The van der Waals surface area contributed by atoms with Gasteiger partial charge in [-0.15, -0.1) is 0 Å². The molecule has 0 radical (unpaired) electrons. The molecule has 1 atom stereocenters. The smallest absolute Gasteiger partial charge is 0.251 e. The van der Waals surface area contributed by atoms with E-state index in [0.29, 0.717) is 41.4 Å². The number of anilines is 2. The van der Waals surface area contributed by atoms with Gasteiger partial charge < -0.3 is 14.4 Å². The summed E-state index contributed by atoms with van der Waals surface area (Å²) in [5, 5.41) is 0. The number of hydrogen-bond acceptors (Lipinski definition) is 8. The number of carbonyl (C=O) groups excluding carboxylic acids is 3. The molecule has 0 saturated carbocycles. The molecule has 2 amide bonds. The molecule has 3 aliphatic rings. The van der Waals surface area contributed by atoms with Gasteiger partial charge in [0.2, 0.25) is 12.7 Å². The van der Waals surface area contributed by atoms with Crippen LogP contribution in [0, 0.1) is 0 Å². The predicted octanol–water partition coefficient (Wildman–Crippen LogP) is 2.50. The molecule has 3 aliphatic heterocycles. The summed E-state index contributed by atoms with van der Waals surface area (Å²) in [6.07, 6.45) is 3.38. The first kappa shape index (κ1) is 22.2. The molecule has 3 aromatic rings. The molecule has 182 valence electrons. The number of nitrogens with zero attached hydrogens (tertiary/aromatic N) is 4. The molecule has 0 bridgehead atoms. The normalized spacial score (nSPS) is 19.7. The van der Waals surface area contributed by atoms with E-state index in [1.807, 2.05) is 24.3 Å². The van der Waals surface area contributed by atoms with Gasteiger partial charge in [-0.05, 0) is 48.5 Å². The summed E-state index contributed by atoms with van der Waals surface area (Å²) in [6.45, 7) is 2.90. The number of rotatable bonds is 5. The molecule has 1 aromatic heterocycles. The van der Waals surface area contributed by atoms with Gasteiger partial charge in [0, 0.05) is 61.5 Å². The van der Waals surface area contributed by atoms with Gasteiger partial charge >= 0.3 is 0 Å². The molecule has 4 heterocycles. The second kappa shape index (κ2) is 9.09. The van der Waals surface area contributed by atoms with Gasteiger partial charge in [-0.25, -0.2) is 4.90 Å². The Kier molecular flexibility index (Phi) is 5.61. The number of ketones is 1. The third-order valence-electron chi connectivity index (χ3n) is 6.91. The van der Waals surface area contributed by atoms with Crippen molar-refractivity contribution in [3.8, 4) is 11.5 Å². The first-order chi connectivity index (χ1) is 17.6. The predicted molar refractivity (Wildman–Crippen MR) is 131 cm³/mol. The molecule has 2 fully saturated rings. The van der Waals surface area contributed by atoms with Gasteiger partial charge in [0.1, 0.15) is 0 Å². The summed E-state index contributed by atoms with van der Waals surface area (Å²) in [7, 11) is 0. The van der Waals surface area contributed by atoms with Crippen LogP contribution < -0.4 is 19.3 Å². The average Bonchev–Trinajstić information content (AvgIpc) is 3.52.